The number of aliphatic carboxylic acids is 1. The van der Waals surface area contributed by atoms with Crippen molar-refractivity contribution in [1.29, 1.82) is 0 Å². The molecule has 1 aromatic heterocycles. The molecule has 6 heteroatoms. The Morgan fingerprint density at radius 3 is 2.44 bits per heavy atom. The van der Waals surface area contributed by atoms with Crippen LogP contribution in [0.3, 0.4) is 0 Å². The third-order valence-corrected chi connectivity index (χ3v) is 4.33. The van der Waals surface area contributed by atoms with Crippen LogP contribution in [0.5, 0.6) is 0 Å². The van der Waals surface area contributed by atoms with Crippen molar-refractivity contribution < 1.29 is 14.7 Å². The molecular formula is C19H21N3O3. The van der Waals surface area contributed by atoms with E-state index >= 15 is 0 Å². The minimum atomic E-state index is -1.06. The number of benzene rings is 1. The molecule has 0 unspecified atom stereocenters. The number of hydrogen-bond donors (Lipinski definition) is 2. The zero-order valence-corrected chi connectivity index (χ0v) is 13.9. The van der Waals surface area contributed by atoms with Crippen LogP contribution in [0.2, 0.25) is 0 Å². The summed E-state index contributed by atoms with van der Waals surface area (Å²) in [4.78, 5) is 30.3. The number of pyridine rings is 1. The van der Waals surface area contributed by atoms with Gasteiger partial charge in [-0.05, 0) is 30.5 Å². The zero-order valence-electron chi connectivity index (χ0n) is 13.9. The number of anilines is 1. The van der Waals surface area contributed by atoms with E-state index in [1.807, 2.05) is 36.4 Å². The van der Waals surface area contributed by atoms with Crippen LogP contribution < -0.4 is 10.2 Å². The van der Waals surface area contributed by atoms with Crippen molar-refractivity contribution in [2.45, 2.75) is 25.3 Å². The van der Waals surface area contributed by atoms with Gasteiger partial charge in [0.25, 0.3) is 5.91 Å². The van der Waals surface area contributed by atoms with Crippen LogP contribution in [0.15, 0.2) is 48.7 Å². The summed E-state index contributed by atoms with van der Waals surface area (Å²) in [7, 11) is 0. The van der Waals surface area contributed by atoms with E-state index in [1.165, 1.54) is 6.20 Å². The van der Waals surface area contributed by atoms with Gasteiger partial charge in [-0.15, -0.1) is 0 Å². The number of nitrogens with zero attached hydrogens (tertiary/aromatic N) is 2. The van der Waals surface area contributed by atoms with Gasteiger partial charge in [-0.2, -0.15) is 0 Å². The molecule has 0 spiro atoms. The summed E-state index contributed by atoms with van der Waals surface area (Å²) in [6, 6.07) is 11.8. The standard InChI is InChI=1S/C19H21N3O3/c23-18(15-8-9-17(20-13-15)22-10-4-5-11-22)21-16(19(24)25)12-14-6-2-1-3-7-14/h1-3,6-9,13,16H,4-5,10-12H2,(H,21,23)(H,24,25)/t16-/m0/s1. The van der Waals surface area contributed by atoms with Crippen LogP contribution in [-0.4, -0.2) is 41.1 Å². The van der Waals surface area contributed by atoms with Gasteiger partial charge in [0.15, 0.2) is 0 Å². The second-order valence-electron chi connectivity index (χ2n) is 6.15. The lowest BCUT2D eigenvalue weighted by atomic mass is 10.1. The van der Waals surface area contributed by atoms with Crippen LogP contribution in [0, 0.1) is 0 Å². The summed E-state index contributed by atoms with van der Waals surface area (Å²) in [5.74, 6) is -0.629. The first-order valence-electron chi connectivity index (χ1n) is 8.42. The quantitative estimate of drug-likeness (QED) is 0.842. The molecule has 0 radical (unpaired) electrons. The minimum absolute atomic E-state index is 0.237. The third-order valence-electron chi connectivity index (χ3n) is 4.33. The van der Waals surface area contributed by atoms with Crippen LogP contribution in [-0.2, 0) is 11.2 Å². The highest BCUT2D eigenvalue weighted by Gasteiger charge is 2.21. The molecule has 25 heavy (non-hydrogen) atoms. The topological polar surface area (TPSA) is 82.5 Å². The molecule has 0 bridgehead atoms. The predicted octanol–water partition coefficient (Wildman–Crippen LogP) is 2.11. The zero-order chi connectivity index (χ0) is 17.6. The maximum absolute atomic E-state index is 12.4. The second kappa shape index (κ2) is 7.79. The maximum atomic E-state index is 12.4. The molecule has 1 saturated heterocycles. The number of carbonyl (C=O) groups excluding carboxylic acids is 1. The molecule has 0 aliphatic carbocycles. The highest BCUT2D eigenvalue weighted by Crippen LogP contribution is 2.17. The number of amides is 1. The molecule has 2 N–H and O–H groups in total. The van der Waals surface area contributed by atoms with Gasteiger partial charge >= 0.3 is 5.97 Å². The number of nitrogens with one attached hydrogen (secondary N) is 1. The molecule has 0 saturated carbocycles. The normalized spacial score (nSPS) is 15.0. The Labute approximate surface area is 146 Å². The smallest absolute Gasteiger partial charge is 0.326 e. The molecule has 1 fully saturated rings. The highest BCUT2D eigenvalue weighted by molar-refractivity contribution is 5.96. The lowest BCUT2D eigenvalue weighted by Crippen LogP contribution is -2.42. The Morgan fingerprint density at radius 1 is 1.12 bits per heavy atom. The van der Waals surface area contributed by atoms with Crippen molar-refractivity contribution in [2.24, 2.45) is 0 Å². The first-order valence-corrected chi connectivity index (χ1v) is 8.42. The van der Waals surface area contributed by atoms with E-state index in [0.717, 1.165) is 37.3 Å². The predicted molar refractivity (Wildman–Crippen MR) is 94.7 cm³/mol. The van der Waals surface area contributed by atoms with E-state index in [4.69, 9.17) is 0 Å². The second-order valence-corrected chi connectivity index (χ2v) is 6.15. The average Bonchev–Trinajstić information content (AvgIpc) is 3.16. The molecule has 130 valence electrons. The van der Waals surface area contributed by atoms with E-state index in [9.17, 15) is 14.7 Å². The van der Waals surface area contributed by atoms with Crippen molar-refractivity contribution in [3.8, 4) is 0 Å². The van der Waals surface area contributed by atoms with Gasteiger partial charge in [0.05, 0.1) is 5.56 Å². The maximum Gasteiger partial charge on any atom is 0.326 e. The molecular weight excluding hydrogens is 318 g/mol. The van der Waals surface area contributed by atoms with Crippen molar-refractivity contribution in [3.63, 3.8) is 0 Å². The third kappa shape index (κ3) is 4.35. The number of carbonyl (C=O) groups is 2. The number of carboxylic acids is 1. The first kappa shape index (κ1) is 17.0. The number of hydrogen-bond acceptors (Lipinski definition) is 4. The lowest BCUT2D eigenvalue weighted by Gasteiger charge is -2.17. The Balaban J connectivity index is 1.65. The molecule has 2 aromatic rings. The first-order chi connectivity index (χ1) is 12.1. The largest absolute Gasteiger partial charge is 0.480 e. The van der Waals surface area contributed by atoms with Crippen LogP contribution in [0.1, 0.15) is 28.8 Å². The molecule has 3 rings (SSSR count). The Bertz CT molecular complexity index is 725. The summed E-state index contributed by atoms with van der Waals surface area (Å²) < 4.78 is 0. The molecule has 1 aromatic carbocycles. The number of rotatable bonds is 6. The van der Waals surface area contributed by atoms with Crippen LogP contribution in [0.25, 0.3) is 0 Å². The molecule has 1 amide bonds. The summed E-state index contributed by atoms with van der Waals surface area (Å²) in [5, 5.41) is 12.0. The van der Waals surface area contributed by atoms with Gasteiger partial charge in [-0.25, -0.2) is 9.78 Å². The van der Waals surface area contributed by atoms with Gasteiger partial charge in [-0.1, -0.05) is 30.3 Å². The summed E-state index contributed by atoms with van der Waals surface area (Å²) in [6.07, 6.45) is 4.05. The monoisotopic (exact) mass is 339 g/mol. The van der Waals surface area contributed by atoms with E-state index in [2.05, 4.69) is 15.2 Å². The van der Waals surface area contributed by atoms with Crippen molar-refractivity contribution in [1.82, 2.24) is 10.3 Å². The van der Waals surface area contributed by atoms with Crippen molar-refractivity contribution >= 4 is 17.7 Å². The van der Waals surface area contributed by atoms with Gasteiger partial charge in [-0.3, -0.25) is 4.79 Å². The summed E-state index contributed by atoms with van der Waals surface area (Å²) >= 11 is 0. The summed E-state index contributed by atoms with van der Waals surface area (Å²) in [6.45, 7) is 1.97. The van der Waals surface area contributed by atoms with Gasteiger partial charge < -0.3 is 15.3 Å². The van der Waals surface area contributed by atoms with E-state index in [-0.39, 0.29) is 6.42 Å². The average molecular weight is 339 g/mol. The molecule has 1 aliphatic heterocycles. The molecule has 1 aliphatic rings. The fourth-order valence-corrected chi connectivity index (χ4v) is 2.95. The van der Waals surface area contributed by atoms with Crippen LogP contribution in [0.4, 0.5) is 5.82 Å². The van der Waals surface area contributed by atoms with Crippen LogP contribution >= 0.6 is 0 Å². The van der Waals surface area contributed by atoms with E-state index in [0.29, 0.717) is 5.56 Å². The molecule has 6 nitrogen and oxygen atoms in total. The fraction of sp³-hybridized carbons (Fsp3) is 0.316. The highest BCUT2D eigenvalue weighted by atomic mass is 16.4. The Kier molecular flexibility index (Phi) is 5.28. The minimum Gasteiger partial charge on any atom is -0.480 e. The Hall–Kier alpha value is -2.89. The van der Waals surface area contributed by atoms with E-state index in [1.54, 1.807) is 6.07 Å². The lowest BCUT2D eigenvalue weighted by molar-refractivity contribution is -0.139. The van der Waals surface area contributed by atoms with Gasteiger partial charge in [0.1, 0.15) is 11.9 Å². The van der Waals surface area contributed by atoms with E-state index < -0.39 is 17.9 Å². The van der Waals surface area contributed by atoms with Crippen molar-refractivity contribution in [2.75, 3.05) is 18.0 Å². The molecule has 1 atom stereocenters. The van der Waals surface area contributed by atoms with Gasteiger partial charge in [0, 0.05) is 25.7 Å². The fourth-order valence-electron chi connectivity index (χ4n) is 2.95. The number of carboxylic acid groups (broad SMARTS) is 1. The van der Waals surface area contributed by atoms with Gasteiger partial charge in [0.2, 0.25) is 0 Å². The van der Waals surface area contributed by atoms with Crippen molar-refractivity contribution in [3.05, 3.63) is 59.8 Å². The summed E-state index contributed by atoms with van der Waals surface area (Å²) in [5.41, 5.74) is 1.22. The SMILES string of the molecule is O=C(N[C@@H](Cc1ccccc1)C(=O)O)c1ccc(N2CCCC2)nc1. The number of aromatic nitrogens is 1. The Morgan fingerprint density at radius 2 is 1.84 bits per heavy atom. The molecule has 2 heterocycles.